The Morgan fingerprint density at radius 3 is 2.08 bits per heavy atom. The molecular formula is C19H26O5. The van der Waals surface area contributed by atoms with Gasteiger partial charge in [0, 0.05) is 30.7 Å². The van der Waals surface area contributed by atoms with Gasteiger partial charge in [-0.1, -0.05) is 6.07 Å². The van der Waals surface area contributed by atoms with Crippen LogP contribution in [0.3, 0.4) is 0 Å². The van der Waals surface area contributed by atoms with Crippen molar-refractivity contribution in [2.24, 2.45) is 0 Å². The molecule has 0 aliphatic heterocycles. The van der Waals surface area contributed by atoms with Gasteiger partial charge in [0.25, 0.3) is 0 Å². The number of esters is 1. The van der Waals surface area contributed by atoms with Gasteiger partial charge in [-0.25, -0.2) is 0 Å². The lowest BCUT2D eigenvalue weighted by Gasteiger charge is -2.38. The van der Waals surface area contributed by atoms with E-state index in [0.717, 1.165) is 17.1 Å². The maximum Gasteiger partial charge on any atom is 0.302 e. The molecule has 1 fully saturated rings. The minimum Gasteiger partial charge on any atom is -0.493 e. The summed E-state index contributed by atoms with van der Waals surface area (Å²) in [7, 11) is 0. The highest BCUT2D eigenvalue weighted by atomic mass is 16.5. The van der Waals surface area contributed by atoms with Crippen molar-refractivity contribution in [2.75, 3.05) is 19.8 Å². The molecule has 0 saturated heterocycles. The van der Waals surface area contributed by atoms with Crippen molar-refractivity contribution in [2.45, 2.75) is 51.9 Å². The molecule has 1 aliphatic rings. The Balaban J connectivity index is 2.50. The average Bonchev–Trinajstić information content (AvgIpc) is 2.56. The van der Waals surface area contributed by atoms with Crippen LogP contribution in [0, 0.1) is 0 Å². The second kappa shape index (κ2) is 8.18. The van der Waals surface area contributed by atoms with Crippen LogP contribution < -0.4 is 9.47 Å². The molecule has 0 N–H and O–H groups in total. The van der Waals surface area contributed by atoms with Gasteiger partial charge < -0.3 is 14.2 Å². The van der Waals surface area contributed by atoms with Crippen molar-refractivity contribution in [3.8, 4) is 11.5 Å². The summed E-state index contributed by atoms with van der Waals surface area (Å²) in [6.07, 6.45) is 2.22. The molecule has 0 amide bonds. The van der Waals surface area contributed by atoms with E-state index in [9.17, 15) is 9.59 Å². The third kappa shape index (κ3) is 4.08. The quantitative estimate of drug-likeness (QED) is 0.715. The fourth-order valence-corrected chi connectivity index (χ4v) is 3.30. The molecule has 5 heteroatoms. The molecule has 132 valence electrons. The first-order chi connectivity index (χ1) is 11.5. The topological polar surface area (TPSA) is 61.8 Å². The Morgan fingerprint density at radius 2 is 1.62 bits per heavy atom. The lowest BCUT2D eigenvalue weighted by molar-refractivity contribution is -0.143. The molecule has 1 saturated carbocycles. The van der Waals surface area contributed by atoms with Crippen LogP contribution in [0.25, 0.3) is 0 Å². The van der Waals surface area contributed by atoms with Gasteiger partial charge in [0.2, 0.25) is 0 Å². The molecule has 0 atom stereocenters. The molecule has 0 spiro atoms. The molecule has 0 heterocycles. The lowest BCUT2D eigenvalue weighted by atomic mass is 9.69. The van der Waals surface area contributed by atoms with E-state index in [-0.39, 0.29) is 18.4 Å². The summed E-state index contributed by atoms with van der Waals surface area (Å²) >= 11 is 0. The Kier molecular flexibility index (Phi) is 6.23. The standard InChI is InChI=1S/C19H26O5/c1-4-22-16-7-6-8-17(23-5-2)18(16)19(13-24-14(3)20)11-9-15(21)10-12-19/h6-8H,4-5,9-13H2,1-3H3. The fourth-order valence-electron chi connectivity index (χ4n) is 3.30. The van der Waals surface area contributed by atoms with E-state index in [1.807, 2.05) is 32.0 Å². The van der Waals surface area contributed by atoms with Crippen molar-refractivity contribution < 1.29 is 23.8 Å². The molecule has 1 aromatic carbocycles. The molecule has 0 aromatic heterocycles. The minimum atomic E-state index is -0.449. The van der Waals surface area contributed by atoms with Crippen LogP contribution >= 0.6 is 0 Å². The lowest BCUT2D eigenvalue weighted by Crippen LogP contribution is -2.38. The molecule has 24 heavy (non-hydrogen) atoms. The van der Waals surface area contributed by atoms with Crippen LogP contribution in [0.15, 0.2) is 18.2 Å². The number of Topliss-reactive ketones (excluding diaryl/α,β-unsaturated/α-hetero) is 1. The second-order valence-corrected chi connectivity index (χ2v) is 6.09. The van der Waals surface area contributed by atoms with Gasteiger partial charge in [0.1, 0.15) is 23.9 Å². The van der Waals surface area contributed by atoms with Crippen molar-refractivity contribution in [1.82, 2.24) is 0 Å². The molecule has 5 nitrogen and oxygen atoms in total. The van der Waals surface area contributed by atoms with Gasteiger partial charge in [0.05, 0.1) is 13.2 Å². The van der Waals surface area contributed by atoms with Gasteiger partial charge >= 0.3 is 5.97 Å². The molecule has 2 rings (SSSR count). The number of benzene rings is 1. The first-order valence-corrected chi connectivity index (χ1v) is 8.56. The number of hydrogen-bond acceptors (Lipinski definition) is 5. The van der Waals surface area contributed by atoms with E-state index in [4.69, 9.17) is 14.2 Å². The molecule has 0 bridgehead atoms. The fraction of sp³-hybridized carbons (Fsp3) is 0.579. The number of carbonyl (C=O) groups excluding carboxylic acids is 2. The minimum absolute atomic E-state index is 0.236. The summed E-state index contributed by atoms with van der Waals surface area (Å²) in [4.78, 5) is 23.2. The summed E-state index contributed by atoms with van der Waals surface area (Å²) < 4.78 is 17.0. The summed E-state index contributed by atoms with van der Waals surface area (Å²) in [6.45, 7) is 6.57. The van der Waals surface area contributed by atoms with E-state index in [1.54, 1.807) is 0 Å². The highest BCUT2D eigenvalue weighted by molar-refractivity contribution is 5.80. The van der Waals surface area contributed by atoms with Gasteiger partial charge in [-0.2, -0.15) is 0 Å². The predicted octanol–water partition coefficient (Wildman–Crippen LogP) is 3.43. The Hall–Kier alpha value is -2.04. The van der Waals surface area contributed by atoms with Crippen molar-refractivity contribution in [1.29, 1.82) is 0 Å². The Bertz CT molecular complexity index is 559. The van der Waals surface area contributed by atoms with Gasteiger partial charge in [-0.3, -0.25) is 9.59 Å². The highest BCUT2D eigenvalue weighted by Gasteiger charge is 2.42. The number of carbonyl (C=O) groups is 2. The SMILES string of the molecule is CCOc1cccc(OCC)c1C1(COC(C)=O)CCC(=O)CC1. The number of ether oxygens (including phenoxy) is 3. The van der Waals surface area contributed by atoms with Crippen LogP contribution in [0.2, 0.25) is 0 Å². The van der Waals surface area contributed by atoms with E-state index in [1.165, 1.54) is 6.92 Å². The first kappa shape index (κ1) is 18.3. The molecule has 0 unspecified atom stereocenters. The molecule has 1 aromatic rings. The zero-order valence-electron chi connectivity index (χ0n) is 14.7. The smallest absolute Gasteiger partial charge is 0.302 e. The monoisotopic (exact) mass is 334 g/mol. The zero-order chi connectivity index (χ0) is 17.6. The van der Waals surface area contributed by atoms with Crippen LogP contribution in [-0.4, -0.2) is 31.6 Å². The van der Waals surface area contributed by atoms with Gasteiger partial charge in [0.15, 0.2) is 0 Å². The molecular weight excluding hydrogens is 308 g/mol. The van der Waals surface area contributed by atoms with Gasteiger partial charge in [-0.15, -0.1) is 0 Å². The van der Waals surface area contributed by atoms with E-state index in [2.05, 4.69) is 0 Å². The number of ketones is 1. The van der Waals surface area contributed by atoms with Crippen LogP contribution in [0.5, 0.6) is 11.5 Å². The maximum absolute atomic E-state index is 11.8. The summed E-state index contributed by atoms with van der Waals surface area (Å²) in [5.41, 5.74) is 0.470. The summed E-state index contributed by atoms with van der Waals surface area (Å²) in [6, 6.07) is 5.72. The third-order valence-electron chi connectivity index (χ3n) is 4.43. The summed E-state index contributed by atoms with van der Waals surface area (Å²) in [5.74, 6) is 1.41. The third-order valence-corrected chi connectivity index (χ3v) is 4.43. The largest absolute Gasteiger partial charge is 0.493 e. The maximum atomic E-state index is 11.8. The Labute approximate surface area is 143 Å². The van der Waals surface area contributed by atoms with Crippen molar-refractivity contribution in [3.05, 3.63) is 23.8 Å². The van der Waals surface area contributed by atoms with Crippen LogP contribution in [-0.2, 0) is 19.7 Å². The van der Waals surface area contributed by atoms with Crippen molar-refractivity contribution >= 4 is 11.8 Å². The van der Waals surface area contributed by atoms with E-state index < -0.39 is 5.41 Å². The van der Waals surface area contributed by atoms with Crippen LogP contribution in [0.4, 0.5) is 0 Å². The highest BCUT2D eigenvalue weighted by Crippen LogP contribution is 2.47. The molecule has 0 radical (unpaired) electrons. The second-order valence-electron chi connectivity index (χ2n) is 6.09. The van der Waals surface area contributed by atoms with Gasteiger partial charge in [-0.05, 0) is 38.8 Å². The predicted molar refractivity (Wildman–Crippen MR) is 90.6 cm³/mol. The average molecular weight is 334 g/mol. The number of rotatable bonds is 7. The summed E-state index contributed by atoms with van der Waals surface area (Å²) in [5, 5.41) is 0. The van der Waals surface area contributed by atoms with E-state index >= 15 is 0 Å². The zero-order valence-corrected chi connectivity index (χ0v) is 14.7. The van der Waals surface area contributed by atoms with Crippen molar-refractivity contribution in [3.63, 3.8) is 0 Å². The molecule has 1 aliphatic carbocycles. The van der Waals surface area contributed by atoms with E-state index in [0.29, 0.717) is 38.9 Å². The van der Waals surface area contributed by atoms with Crippen LogP contribution in [0.1, 0.15) is 52.0 Å². The number of hydrogen-bond donors (Lipinski definition) is 0. The normalized spacial score (nSPS) is 16.5. The first-order valence-electron chi connectivity index (χ1n) is 8.56. The Morgan fingerprint density at radius 1 is 1.08 bits per heavy atom.